The van der Waals surface area contributed by atoms with Gasteiger partial charge in [-0.1, -0.05) is 0 Å². The van der Waals surface area contributed by atoms with Crippen LogP contribution >= 0.6 is 0 Å². The first-order valence-corrected chi connectivity index (χ1v) is 6.20. The molecule has 0 radical (unpaired) electrons. The minimum atomic E-state index is -5.62. The van der Waals surface area contributed by atoms with Crippen LogP contribution in [-0.2, 0) is 58.5 Å². The van der Waals surface area contributed by atoms with Gasteiger partial charge in [0.15, 0.2) is 0 Å². The summed E-state index contributed by atoms with van der Waals surface area (Å²) in [6, 6.07) is 0. The van der Waals surface area contributed by atoms with Gasteiger partial charge in [-0.3, -0.25) is 0 Å². The Kier molecular flexibility index (Phi) is 27.4. The van der Waals surface area contributed by atoms with Crippen molar-refractivity contribution in [3.8, 4) is 0 Å². The predicted molar refractivity (Wildman–Crippen MR) is 19.4 cm³/mol. The van der Waals surface area contributed by atoms with Gasteiger partial charge in [-0.05, 0) is 0 Å². The van der Waals surface area contributed by atoms with E-state index in [4.69, 9.17) is 51.2 Å². The van der Waals surface area contributed by atoms with Gasteiger partial charge in [0.25, 0.3) is 0 Å². The first-order valence-electron chi connectivity index (χ1n) is 2.34. The molecule has 18 heavy (non-hydrogen) atoms. The van der Waals surface area contributed by atoms with E-state index in [9.17, 15) is 0 Å². The fourth-order valence-electron chi connectivity index (χ4n) is 0. The first kappa shape index (κ1) is 32.1. The van der Waals surface area contributed by atoms with E-state index < -0.39 is 37.9 Å². The van der Waals surface area contributed by atoms with Gasteiger partial charge >= 0.3 is 172 Å². The Balaban J connectivity index is -0.0000000447. The maximum atomic E-state index is 9.10. The van der Waals surface area contributed by atoms with Crippen molar-refractivity contribution in [2.24, 2.45) is 0 Å². The van der Waals surface area contributed by atoms with E-state index >= 15 is 0 Å². The number of carbonyl (C=O) groups is 2. The Morgan fingerprint density at radius 1 is 0.667 bits per heavy atom. The van der Waals surface area contributed by atoms with Gasteiger partial charge < -0.3 is 10.2 Å². The number of aliphatic carboxylic acids is 2. The van der Waals surface area contributed by atoms with E-state index in [1.165, 1.54) is 0 Å². The molecule has 2 N–H and O–H groups in total. The monoisotopic (exact) mass is 406 g/mol. The molecular formula is C2H2K2Mn2O12. The molecule has 0 spiro atoms. The molecule has 0 heterocycles. The van der Waals surface area contributed by atoms with E-state index in [1.54, 1.807) is 0 Å². The zero-order valence-electron chi connectivity index (χ0n) is 8.73. The normalized spacial score (nSPS) is 8.78. The number of hydrogen-bond acceptors (Lipinski definition) is 10. The molecule has 16 heteroatoms. The van der Waals surface area contributed by atoms with Crippen molar-refractivity contribution in [1.82, 2.24) is 0 Å². The average Bonchev–Trinajstić information content (AvgIpc) is 1.77. The van der Waals surface area contributed by atoms with Crippen LogP contribution in [0.4, 0.5) is 0 Å². The van der Waals surface area contributed by atoms with Crippen LogP contribution in [0, 0.1) is 0 Å². The Morgan fingerprint density at radius 3 is 0.722 bits per heavy atom. The summed E-state index contributed by atoms with van der Waals surface area (Å²) in [5.41, 5.74) is 0. The zero-order valence-corrected chi connectivity index (χ0v) is 17.3. The molecule has 0 fully saturated rings. The van der Waals surface area contributed by atoms with E-state index in [0.29, 0.717) is 0 Å². The Bertz CT molecular complexity index is 459. The molecular weight excluding hydrogens is 404 g/mol. The van der Waals surface area contributed by atoms with Gasteiger partial charge in [0, 0.05) is 0 Å². The first-order chi connectivity index (χ1) is 6.64. The van der Waals surface area contributed by atoms with Crippen LogP contribution in [0.15, 0.2) is 0 Å². The zero-order chi connectivity index (χ0) is 14.2. The summed E-state index contributed by atoms with van der Waals surface area (Å²) in [5, 5.41) is 14.8. The van der Waals surface area contributed by atoms with Crippen LogP contribution in [0.3, 0.4) is 0 Å². The van der Waals surface area contributed by atoms with Crippen molar-refractivity contribution in [2.75, 3.05) is 0 Å². The average molecular weight is 406 g/mol. The molecule has 0 aliphatic rings. The molecule has 0 saturated carbocycles. The molecule has 0 unspecified atom stereocenters. The van der Waals surface area contributed by atoms with Crippen molar-refractivity contribution in [2.45, 2.75) is 0 Å². The third-order valence-electron chi connectivity index (χ3n) is 0.183. The van der Waals surface area contributed by atoms with E-state index in [0.717, 1.165) is 0 Å². The van der Waals surface area contributed by atoms with Crippen LogP contribution in [0.25, 0.3) is 0 Å². The summed E-state index contributed by atoms with van der Waals surface area (Å²) < 4.78 is 68.6. The van der Waals surface area contributed by atoms with E-state index in [-0.39, 0.29) is 103 Å². The van der Waals surface area contributed by atoms with Gasteiger partial charge in [0.1, 0.15) is 0 Å². The predicted octanol–water partition coefficient (Wildman–Crippen LogP) is -9.93. The molecule has 0 aliphatic heterocycles. The van der Waals surface area contributed by atoms with E-state index in [1.807, 2.05) is 0 Å². The standard InChI is InChI=1S/C2H2O4.2K.2Mn.8O/c3-1(4)2(5)6;;;;;;;;;;;;/h(H,3,4)(H,5,6);;;;;;;;;;;;/q;2*+1;;;;;;;;;2*-1. The minimum absolute atomic E-state index is 0. The van der Waals surface area contributed by atoms with Gasteiger partial charge in [-0.15, -0.1) is 0 Å². The molecule has 0 amide bonds. The van der Waals surface area contributed by atoms with Crippen LogP contribution in [0.2, 0.25) is 0 Å². The maximum absolute atomic E-state index is 9.10. The molecule has 0 aromatic carbocycles. The fourth-order valence-corrected chi connectivity index (χ4v) is 0. The molecule has 0 aliphatic carbocycles. The third-order valence-corrected chi connectivity index (χ3v) is 0.183. The van der Waals surface area contributed by atoms with Crippen molar-refractivity contribution < 1.29 is 180 Å². The molecule has 0 atom stereocenters. The van der Waals surface area contributed by atoms with E-state index in [2.05, 4.69) is 0 Å². The topological polar surface area (TPSA) is 223 Å². The summed E-state index contributed by atoms with van der Waals surface area (Å²) in [6.45, 7) is 0. The van der Waals surface area contributed by atoms with Crippen LogP contribution in [0.5, 0.6) is 0 Å². The molecule has 0 saturated heterocycles. The van der Waals surface area contributed by atoms with Crippen molar-refractivity contribution >= 4 is 11.9 Å². The molecule has 0 bridgehead atoms. The SMILES string of the molecule is O=C(O)C(=O)O.[K+].[K+].[O]=[Mn](=[O])(=[O])[O-].[O]=[Mn](=[O])(=[O])[O-]. The van der Waals surface area contributed by atoms with Crippen molar-refractivity contribution in [3.63, 3.8) is 0 Å². The fraction of sp³-hybridized carbons (Fsp3) is 0. The summed E-state index contributed by atoms with van der Waals surface area (Å²) in [4.78, 5) is 18.2. The third kappa shape index (κ3) is 145. The van der Waals surface area contributed by atoms with Crippen molar-refractivity contribution in [3.05, 3.63) is 0 Å². The molecule has 98 valence electrons. The molecule has 12 nitrogen and oxygen atoms in total. The second-order valence-electron chi connectivity index (χ2n) is 1.37. The summed E-state index contributed by atoms with van der Waals surface area (Å²) in [7, 11) is 0. The summed E-state index contributed by atoms with van der Waals surface area (Å²) in [6.07, 6.45) is 0. The van der Waals surface area contributed by atoms with Gasteiger partial charge in [-0.2, -0.15) is 0 Å². The second-order valence-corrected chi connectivity index (χ2v) is 3.73. The second kappa shape index (κ2) is 15.4. The molecule has 0 aromatic rings. The van der Waals surface area contributed by atoms with Gasteiger partial charge in [0.05, 0.1) is 0 Å². The van der Waals surface area contributed by atoms with Gasteiger partial charge in [-0.25, -0.2) is 9.59 Å². The van der Waals surface area contributed by atoms with Crippen LogP contribution in [0.1, 0.15) is 0 Å². The number of carboxylic acid groups (broad SMARTS) is 2. The van der Waals surface area contributed by atoms with Gasteiger partial charge in [0.2, 0.25) is 0 Å². The number of hydrogen-bond donors (Lipinski definition) is 2. The number of carboxylic acids is 2. The Morgan fingerprint density at radius 2 is 0.722 bits per heavy atom. The van der Waals surface area contributed by atoms with Crippen molar-refractivity contribution in [1.29, 1.82) is 0 Å². The number of rotatable bonds is 0. The van der Waals surface area contributed by atoms with Crippen LogP contribution < -0.4 is 111 Å². The summed E-state index contributed by atoms with van der Waals surface area (Å²) in [5.74, 6) is -3.65. The Labute approximate surface area is 187 Å². The molecule has 0 aromatic heterocycles. The van der Waals surface area contributed by atoms with Crippen LogP contribution in [-0.4, -0.2) is 22.2 Å². The quantitative estimate of drug-likeness (QED) is 0.283. The Hall–Kier alpha value is 1.97. The molecule has 0 rings (SSSR count). The summed E-state index contributed by atoms with van der Waals surface area (Å²) >= 11 is -11.2.